The molecule has 0 atom stereocenters. The van der Waals surface area contributed by atoms with E-state index >= 15 is 0 Å². The van der Waals surface area contributed by atoms with E-state index in [2.05, 4.69) is 30.7 Å². The summed E-state index contributed by atoms with van der Waals surface area (Å²) in [6, 6.07) is 10.5. The van der Waals surface area contributed by atoms with Gasteiger partial charge in [0.1, 0.15) is 0 Å². The Morgan fingerprint density at radius 1 is 1.29 bits per heavy atom. The van der Waals surface area contributed by atoms with E-state index in [0.717, 1.165) is 10.0 Å². The van der Waals surface area contributed by atoms with Crippen molar-refractivity contribution >= 4 is 27.5 Å². The van der Waals surface area contributed by atoms with Crippen LogP contribution in [0.5, 0.6) is 5.88 Å². The fourth-order valence-corrected chi connectivity index (χ4v) is 2.19. The molecule has 7 heteroatoms. The zero-order chi connectivity index (χ0) is 15.0. The van der Waals surface area contributed by atoms with Gasteiger partial charge in [0.15, 0.2) is 11.3 Å². The van der Waals surface area contributed by atoms with E-state index < -0.39 is 5.97 Å². The van der Waals surface area contributed by atoms with Crippen molar-refractivity contribution in [1.29, 1.82) is 0 Å². The van der Waals surface area contributed by atoms with Crippen LogP contribution in [0.15, 0.2) is 40.9 Å². The molecule has 1 aromatic carbocycles. The van der Waals surface area contributed by atoms with Crippen LogP contribution in [0.2, 0.25) is 0 Å². The van der Waals surface area contributed by atoms with Crippen molar-refractivity contribution in [2.75, 3.05) is 7.11 Å². The Bertz CT molecular complexity index is 827. The Kier molecular flexibility index (Phi) is 3.34. The largest absolute Gasteiger partial charge is 0.493 e. The van der Waals surface area contributed by atoms with Crippen molar-refractivity contribution in [3.63, 3.8) is 0 Å². The minimum atomic E-state index is -0.612. The molecular formula is C14H10BrN3O3. The first-order chi connectivity index (χ1) is 10.1. The molecule has 0 amide bonds. The van der Waals surface area contributed by atoms with Gasteiger partial charge >= 0.3 is 5.97 Å². The molecule has 0 bridgehead atoms. The quantitative estimate of drug-likeness (QED) is 0.721. The van der Waals surface area contributed by atoms with Gasteiger partial charge in [0.25, 0.3) is 0 Å². The molecule has 3 aromatic rings. The molecule has 106 valence electrons. The van der Waals surface area contributed by atoms with E-state index in [1.807, 2.05) is 24.3 Å². The van der Waals surface area contributed by atoms with Crippen LogP contribution >= 0.6 is 15.9 Å². The molecule has 1 N–H and O–H groups in total. The molecule has 3 rings (SSSR count). The normalized spacial score (nSPS) is 10.8. The number of ether oxygens (including phenoxy) is 1. The van der Waals surface area contributed by atoms with Gasteiger partial charge in [0.05, 0.1) is 12.8 Å². The predicted octanol–water partition coefficient (Wildman–Crippen LogP) is 2.65. The van der Waals surface area contributed by atoms with Crippen molar-refractivity contribution in [2.45, 2.75) is 0 Å². The number of esters is 1. The number of hydrogen-bond acceptors (Lipinski definition) is 5. The SMILES string of the molecule is COC(=O)c1cc(O)n2nc(-c3ccc(Br)cc3)cc2n1. The van der Waals surface area contributed by atoms with Gasteiger partial charge in [0, 0.05) is 22.2 Å². The number of rotatable bonds is 2. The molecule has 0 spiro atoms. The maximum Gasteiger partial charge on any atom is 0.356 e. The Labute approximate surface area is 128 Å². The van der Waals surface area contributed by atoms with Crippen molar-refractivity contribution in [1.82, 2.24) is 14.6 Å². The van der Waals surface area contributed by atoms with Crippen molar-refractivity contribution < 1.29 is 14.6 Å². The summed E-state index contributed by atoms with van der Waals surface area (Å²) in [6.45, 7) is 0. The Balaban J connectivity index is 2.13. The first-order valence-electron chi connectivity index (χ1n) is 6.02. The van der Waals surface area contributed by atoms with Crippen LogP contribution < -0.4 is 0 Å². The van der Waals surface area contributed by atoms with Crippen molar-refractivity contribution in [3.8, 4) is 17.1 Å². The maximum atomic E-state index is 11.5. The molecule has 0 unspecified atom stereocenters. The zero-order valence-corrected chi connectivity index (χ0v) is 12.5. The summed E-state index contributed by atoms with van der Waals surface area (Å²) in [6.07, 6.45) is 0. The van der Waals surface area contributed by atoms with E-state index in [0.29, 0.717) is 11.3 Å². The molecule has 0 aliphatic heterocycles. The van der Waals surface area contributed by atoms with E-state index in [9.17, 15) is 9.90 Å². The summed E-state index contributed by atoms with van der Waals surface area (Å²) in [5, 5.41) is 14.2. The van der Waals surface area contributed by atoms with Gasteiger partial charge in [0.2, 0.25) is 5.88 Å². The third-order valence-corrected chi connectivity index (χ3v) is 3.47. The van der Waals surface area contributed by atoms with Crippen LogP contribution in [0.4, 0.5) is 0 Å². The van der Waals surface area contributed by atoms with Gasteiger partial charge in [-0.15, -0.1) is 0 Å². The Morgan fingerprint density at radius 2 is 2.00 bits per heavy atom. The Morgan fingerprint density at radius 3 is 2.67 bits per heavy atom. The molecule has 0 fully saturated rings. The minimum absolute atomic E-state index is 0.0322. The number of carbonyl (C=O) groups excluding carboxylic acids is 1. The van der Waals surface area contributed by atoms with Crippen LogP contribution in [0, 0.1) is 0 Å². The van der Waals surface area contributed by atoms with Crippen LogP contribution in [-0.2, 0) is 4.74 Å². The number of hydrogen-bond donors (Lipinski definition) is 1. The highest BCUT2D eigenvalue weighted by Crippen LogP contribution is 2.23. The summed E-state index contributed by atoms with van der Waals surface area (Å²) in [7, 11) is 1.26. The van der Waals surface area contributed by atoms with Gasteiger partial charge in [-0.25, -0.2) is 9.78 Å². The average molecular weight is 348 g/mol. The number of benzene rings is 1. The number of nitrogens with zero attached hydrogens (tertiary/aromatic N) is 3. The summed E-state index contributed by atoms with van der Waals surface area (Å²) in [4.78, 5) is 15.6. The predicted molar refractivity (Wildman–Crippen MR) is 79.1 cm³/mol. The van der Waals surface area contributed by atoms with Crippen LogP contribution in [0.25, 0.3) is 16.9 Å². The fourth-order valence-electron chi connectivity index (χ4n) is 1.93. The third kappa shape index (κ3) is 2.47. The summed E-state index contributed by atoms with van der Waals surface area (Å²) >= 11 is 3.37. The molecule has 21 heavy (non-hydrogen) atoms. The molecule has 2 aromatic heterocycles. The van der Waals surface area contributed by atoms with Gasteiger partial charge < -0.3 is 9.84 Å². The van der Waals surface area contributed by atoms with Crippen LogP contribution in [0.1, 0.15) is 10.5 Å². The number of methoxy groups -OCH3 is 1. The fraction of sp³-hybridized carbons (Fsp3) is 0.0714. The van der Waals surface area contributed by atoms with Gasteiger partial charge in [-0.05, 0) is 12.1 Å². The van der Waals surface area contributed by atoms with Crippen molar-refractivity contribution in [3.05, 3.63) is 46.6 Å². The molecule has 0 aliphatic rings. The number of aromatic nitrogens is 3. The highest BCUT2D eigenvalue weighted by Gasteiger charge is 2.14. The number of fused-ring (bicyclic) bond motifs is 1. The third-order valence-electron chi connectivity index (χ3n) is 2.94. The number of halogens is 1. The van der Waals surface area contributed by atoms with Crippen molar-refractivity contribution in [2.24, 2.45) is 0 Å². The average Bonchev–Trinajstić information content (AvgIpc) is 2.91. The number of carbonyl (C=O) groups is 1. The standard InChI is InChI=1S/C14H10BrN3O3/c1-21-14(20)11-7-13(19)18-12(16-11)6-10(17-18)8-2-4-9(15)5-3-8/h2-7,19H,1H3. The lowest BCUT2D eigenvalue weighted by Crippen LogP contribution is -2.06. The highest BCUT2D eigenvalue weighted by molar-refractivity contribution is 9.10. The Hall–Kier alpha value is -2.41. The second kappa shape index (κ2) is 5.17. The molecular weight excluding hydrogens is 338 g/mol. The van der Waals surface area contributed by atoms with Crippen LogP contribution in [-0.4, -0.2) is 32.8 Å². The lowest BCUT2D eigenvalue weighted by atomic mass is 10.2. The topological polar surface area (TPSA) is 76.7 Å². The van der Waals surface area contributed by atoms with E-state index in [4.69, 9.17) is 0 Å². The van der Waals surface area contributed by atoms with Gasteiger partial charge in [-0.2, -0.15) is 9.61 Å². The molecule has 0 aliphatic carbocycles. The smallest absolute Gasteiger partial charge is 0.356 e. The molecule has 0 saturated carbocycles. The van der Waals surface area contributed by atoms with E-state index in [-0.39, 0.29) is 11.6 Å². The monoisotopic (exact) mass is 347 g/mol. The van der Waals surface area contributed by atoms with Gasteiger partial charge in [-0.3, -0.25) is 0 Å². The summed E-state index contributed by atoms with van der Waals surface area (Å²) in [5.41, 5.74) is 1.92. The molecule has 2 heterocycles. The lowest BCUT2D eigenvalue weighted by Gasteiger charge is -2.01. The first-order valence-corrected chi connectivity index (χ1v) is 6.82. The zero-order valence-electron chi connectivity index (χ0n) is 10.9. The minimum Gasteiger partial charge on any atom is -0.493 e. The van der Waals surface area contributed by atoms with E-state index in [1.165, 1.54) is 17.7 Å². The van der Waals surface area contributed by atoms with Gasteiger partial charge in [-0.1, -0.05) is 28.1 Å². The van der Waals surface area contributed by atoms with E-state index in [1.54, 1.807) is 6.07 Å². The second-order valence-electron chi connectivity index (χ2n) is 4.30. The molecule has 0 saturated heterocycles. The first kappa shape index (κ1) is 13.6. The number of aromatic hydroxyl groups is 1. The lowest BCUT2D eigenvalue weighted by molar-refractivity contribution is 0.0593. The molecule has 0 radical (unpaired) electrons. The molecule has 6 nitrogen and oxygen atoms in total. The maximum absolute atomic E-state index is 11.5. The van der Waals surface area contributed by atoms with Crippen LogP contribution in [0.3, 0.4) is 0 Å². The second-order valence-corrected chi connectivity index (χ2v) is 5.21. The summed E-state index contributed by atoms with van der Waals surface area (Å²) in [5.74, 6) is -0.789. The summed E-state index contributed by atoms with van der Waals surface area (Å²) < 4.78 is 6.83. The highest BCUT2D eigenvalue weighted by atomic mass is 79.9.